The highest BCUT2D eigenvalue weighted by atomic mass is 15.2. The smallest absolute Gasteiger partial charge is 0.129 e. The maximum absolute atomic E-state index is 4.70. The molecule has 0 atom stereocenters. The van der Waals surface area contributed by atoms with E-state index in [1.165, 1.54) is 24.8 Å². The van der Waals surface area contributed by atoms with Gasteiger partial charge in [-0.1, -0.05) is 20.8 Å². The summed E-state index contributed by atoms with van der Waals surface area (Å²) in [5, 5.41) is 3.46. The van der Waals surface area contributed by atoms with Gasteiger partial charge in [-0.3, -0.25) is 0 Å². The van der Waals surface area contributed by atoms with E-state index in [9.17, 15) is 0 Å². The lowest BCUT2D eigenvalue weighted by atomic mass is 10.2. The Morgan fingerprint density at radius 2 is 1.74 bits per heavy atom. The van der Waals surface area contributed by atoms with Crippen LogP contribution in [0.1, 0.15) is 51.3 Å². The minimum absolute atomic E-state index is 0.941. The Bertz CT molecular complexity index is 357. The molecule has 0 fully saturated rings. The standard InChI is InChI=1S/C16H29N3/c1-5-8-17-13-15-11-14(4)18-16(12-15)19(9-6-2)10-7-3/h11-12,17H,5-10,13H2,1-4H3. The van der Waals surface area contributed by atoms with Crippen molar-refractivity contribution in [1.29, 1.82) is 0 Å². The summed E-state index contributed by atoms with van der Waals surface area (Å²) >= 11 is 0. The van der Waals surface area contributed by atoms with Crippen molar-refractivity contribution in [1.82, 2.24) is 10.3 Å². The summed E-state index contributed by atoms with van der Waals surface area (Å²) in [5.74, 6) is 1.14. The molecule has 0 aromatic carbocycles. The van der Waals surface area contributed by atoms with Gasteiger partial charge in [-0.15, -0.1) is 0 Å². The molecule has 1 heterocycles. The molecule has 19 heavy (non-hydrogen) atoms. The molecular formula is C16H29N3. The third kappa shape index (κ3) is 5.60. The largest absolute Gasteiger partial charge is 0.357 e. The van der Waals surface area contributed by atoms with E-state index in [4.69, 9.17) is 4.98 Å². The second-order valence-corrected chi connectivity index (χ2v) is 5.14. The topological polar surface area (TPSA) is 28.2 Å². The zero-order valence-corrected chi connectivity index (χ0v) is 13.0. The van der Waals surface area contributed by atoms with Crippen LogP contribution in [0.15, 0.2) is 12.1 Å². The van der Waals surface area contributed by atoms with Crippen LogP contribution in [0.4, 0.5) is 5.82 Å². The molecule has 1 aromatic heterocycles. The van der Waals surface area contributed by atoms with Crippen LogP contribution in [-0.2, 0) is 6.54 Å². The van der Waals surface area contributed by atoms with E-state index < -0.39 is 0 Å². The average molecular weight is 263 g/mol. The molecule has 108 valence electrons. The molecule has 1 N–H and O–H groups in total. The van der Waals surface area contributed by atoms with Crippen molar-refractivity contribution in [2.24, 2.45) is 0 Å². The maximum Gasteiger partial charge on any atom is 0.129 e. The van der Waals surface area contributed by atoms with Crippen molar-refractivity contribution in [3.8, 4) is 0 Å². The van der Waals surface area contributed by atoms with E-state index >= 15 is 0 Å². The Labute approximate surface area is 118 Å². The van der Waals surface area contributed by atoms with Crippen LogP contribution in [0.3, 0.4) is 0 Å². The number of anilines is 1. The number of nitrogens with one attached hydrogen (secondary N) is 1. The van der Waals surface area contributed by atoms with Crippen molar-refractivity contribution in [2.75, 3.05) is 24.5 Å². The van der Waals surface area contributed by atoms with Crippen molar-refractivity contribution < 1.29 is 0 Å². The first-order chi connectivity index (χ1) is 9.21. The summed E-state index contributed by atoms with van der Waals surface area (Å²) in [7, 11) is 0. The first-order valence-electron chi connectivity index (χ1n) is 7.64. The summed E-state index contributed by atoms with van der Waals surface area (Å²) in [6.07, 6.45) is 3.51. The van der Waals surface area contributed by atoms with Gasteiger partial charge >= 0.3 is 0 Å². The monoisotopic (exact) mass is 263 g/mol. The van der Waals surface area contributed by atoms with Gasteiger partial charge in [0.25, 0.3) is 0 Å². The molecule has 0 radical (unpaired) electrons. The number of rotatable bonds is 9. The predicted octanol–water partition coefficient (Wildman–Crippen LogP) is 3.52. The fourth-order valence-electron chi connectivity index (χ4n) is 2.28. The zero-order valence-electron chi connectivity index (χ0n) is 13.0. The summed E-state index contributed by atoms with van der Waals surface area (Å²) in [4.78, 5) is 7.10. The molecule has 0 spiro atoms. The molecule has 0 amide bonds. The second-order valence-electron chi connectivity index (χ2n) is 5.14. The Kier molecular flexibility index (Phi) is 7.49. The van der Waals surface area contributed by atoms with E-state index in [2.05, 4.69) is 50.0 Å². The Morgan fingerprint density at radius 1 is 1.05 bits per heavy atom. The van der Waals surface area contributed by atoms with Gasteiger partial charge in [-0.25, -0.2) is 4.98 Å². The van der Waals surface area contributed by atoms with Crippen LogP contribution in [0.2, 0.25) is 0 Å². The maximum atomic E-state index is 4.70. The van der Waals surface area contributed by atoms with Gasteiger partial charge < -0.3 is 10.2 Å². The normalized spacial score (nSPS) is 10.7. The lowest BCUT2D eigenvalue weighted by molar-refractivity contribution is 0.672. The van der Waals surface area contributed by atoms with Crippen molar-refractivity contribution in [3.05, 3.63) is 23.4 Å². The summed E-state index contributed by atoms with van der Waals surface area (Å²) < 4.78 is 0. The van der Waals surface area contributed by atoms with Crippen LogP contribution >= 0.6 is 0 Å². The molecule has 0 saturated carbocycles. The minimum Gasteiger partial charge on any atom is -0.357 e. The molecule has 0 bridgehead atoms. The highest BCUT2D eigenvalue weighted by Crippen LogP contribution is 2.16. The molecule has 1 aromatic rings. The Balaban J connectivity index is 2.80. The SMILES string of the molecule is CCCNCc1cc(C)nc(N(CCC)CCC)c1. The second kappa shape index (κ2) is 8.92. The highest BCUT2D eigenvalue weighted by molar-refractivity contribution is 5.42. The summed E-state index contributed by atoms with van der Waals surface area (Å²) in [6.45, 7) is 12.9. The molecule has 1 rings (SSSR count). The van der Waals surface area contributed by atoms with E-state index in [0.717, 1.165) is 37.7 Å². The van der Waals surface area contributed by atoms with Crippen molar-refractivity contribution in [2.45, 2.75) is 53.5 Å². The van der Waals surface area contributed by atoms with Gasteiger partial charge in [0.1, 0.15) is 5.82 Å². The van der Waals surface area contributed by atoms with Crippen LogP contribution in [0.25, 0.3) is 0 Å². The first kappa shape index (κ1) is 16.0. The number of aromatic nitrogens is 1. The highest BCUT2D eigenvalue weighted by Gasteiger charge is 2.08. The molecule has 0 unspecified atom stereocenters. The molecule has 0 aliphatic heterocycles. The van der Waals surface area contributed by atoms with Gasteiger partial charge in [0, 0.05) is 25.3 Å². The van der Waals surface area contributed by atoms with Crippen LogP contribution in [0, 0.1) is 6.92 Å². The Morgan fingerprint density at radius 3 is 2.32 bits per heavy atom. The number of pyridine rings is 1. The fourth-order valence-corrected chi connectivity index (χ4v) is 2.28. The van der Waals surface area contributed by atoms with Crippen LogP contribution in [0.5, 0.6) is 0 Å². The minimum atomic E-state index is 0.941. The molecule has 0 saturated heterocycles. The zero-order chi connectivity index (χ0) is 14.1. The van der Waals surface area contributed by atoms with E-state index in [0.29, 0.717) is 0 Å². The fraction of sp³-hybridized carbons (Fsp3) is 0.688. The van der Waals surface area contributed by atoms with Gasteiger partial charge in [-0.2, -0.15) is 0 Å². The van der Waals surface area contributed by atoms with E-state index in [-0.39, 0.29) is 0 Å². The molecule has 0 aliphatic rings. The number of hydrogen-bond acceptors (Lipinski definition) is 3. The number of hydrogen-bond donors (Lipinski definition) is 1. The molecule has 3 nitrogen and oxygen atoms in total. The first-order valence-corrected chi connectivity index (χ1v) is 7.64. The van der Waals surface area contributed by atoms with Gasteiger partial charge in [0.15, 0.2) is 0 Å². The van der Waals surface area contributed by atoms with E-state index in [1.807, 2.05) is 0 Å². The lowest BCUT2D eigenvalue weighted by Gasteiger charge is -2.23. The van der Waals surface area contributed by atoms with Crippen molar-refractivity contribution in [3.63, 3.8) is 0 Å². The third-order valence-electron chi connectivity index (χ3n) is 3.07. The van der Waals surface area contributed by atoms with Crippen molar-refractivity contribution >= 4 is 5.82 Å². The average Bonchev–Trinajstić information content (AvgIpc) is 2.38. The van der Waals surface area contributed by atoms with Gasteiger partial charge in [0.2, 0.25) is 0 Å². The lowest BCUT2D eigenvalue weighted by Crippen LogP contribution is -2.26. The summed E-state index contributed by atoms with van der Waals surface area (Å²) in [5.41, 5.74) is 2.45. The summed E-state index contributed by atoms with van der Waals surface area (Å²) in [6, 6.07) is 4.42. The predicted molar refractivity (Wildman–Crippen MR) is 83.8 cm³/mol. The van der Waals surface area contributed by atoms with Crippen LogP contribution in [-0.4, -0.2) is 24.6 Å². The molecule has 3 heteroatoms. The third-order valence-corrected chi connectivity index (χ3v) is 3.07. The number of aryl methyl sites for hydroxylation is 1. The van der Waals surface area contributed by atoms with Gasteiger partial charge in [-0.05, 0) is 50.4 Å². The Hall–Kier alpha value is -1.09. The van der Waals surface area contributed by atoms with Crippen LogP contribution < -0.4 is 10.2 Å². The van der Waals surface area contributed by atoms with E-state index in [1.54, 1.807) is 0 Å². The molecule has 0 aliphatic carbocycles. The quantitative estimate of drug-likeness (QED) is 0.691. The molecular weight excluding hydrogens is 234 g/mol. The van der Waals surface area contributed by atoms with Gasteiger partial charge in [0.05, 0.1) is 0 Å². The number of nitrogens with zero attached hydrogens (tertiary/aromatic N) is 2.